The number of ketones is 1. The molecule has 1 atom stereocenters. The molecule has 0 amide bonds. The fourth-order valence-electron chi connectivity index (χ4n) is 1.73. The smallest absolute Gasteiger partial charge is 0.162 e. The summed E-state index contributed by atoms with van der Waals surface area (Å²) in [6, 6.07) is 7.22. The lowest BCUT2D eigenvalue weighted by Crippen LogP contribution is -2.08. The summed E-state index contributed by atoms with van der Waals surface area (Å²) < 4.78 is 0. The van der Waals surface area contributed by atoms with E-state index in [0.717, 1.165) is 18.4 Å². The van der Waals surface area contributed by atoms with E-state index in [1.807, 2.05) is 12.1 Å². The molecule has 1 aromatic carbocycles. The Morgan fingerprint density at radius 3 is 2.88 bits per heavy atom. The van der Waals surface area contributed by atoms with Gasteiger partial charge in [0.25, 0.3) is 0 Å². The van der Waals surface area contributed by atoms with Gasteiger partial charge in [-0.05, 0) is 31.0 Å². The number of hydrogen-bond acceptors (Lipinski definition) is 3. The molecule has 0 saturated carbocycles. The maximum absolute atomic E-state index is 11.8. The molecular formula is C14H21NO2. The van der Waals surface area contributed by atoms with E-state index < -0.39 is 6.10 Å². The van der Waals surface area contributed by atoms with E-state index in [0.29, 0.717) is 24.9 Å². The van der Waals surface area contributed by atoms with Crippen LogP contribution in [0, 0.1) is 0 Å². The standard InChI is InChI=1S/C14H21NO2/c1-2-3-7-13(16)11-5-4-6-12(10-11)14(17)8-9-15/h4-6,10,14,17H,2-3,7-9,15H2,1H3. The molecule has 0 aliphatic heterocycles. The average molecular weight is 235 g/mol. The largest absolute Gasteiger partial charge is 0.388 e. The predicted molar refractivity (Wildman–Crippen MR) is 68.9 cm³/mol. The van der Waals surface area contributed by atoms with E-state index in [1.54, 1.807) is 12.1 Å². The van der Waals surface area contributed by atoms with Crippen molar-refractivity contribution in [2.24, 2.45) is 5.73 Å². The van der Waals surface area contributed by atoms with Gasteiger partial charge in [0.05, 0.1) is 6.10 Å². The molecule has 0 aliphatic rings. The monoisotopic (exact) mass is 235 g/mol. The predicted octanol–water partition coefficient (Wildman–Crippen LogP) is 2.44. The van der Waals surface area contributed by atoms with Crippen molar-refractivity contribution in [1.29, 1.82) is 0 Å². The first-order valence-corrected chi connectivity index (χ1v) is 6.20. The van der Waals surface area contributed by atoms with Gasteiger partial charge in [-0.25, -0.2) is 0 Å². The van der Waals surface area contributed by atoms with Crippen LogP contribution in [0.2, 0.25) is 0 Å². The fourth-order valence-corrected chi connectivity index (χ4v) is 1.73. The van der Waals surface area contributed by atoms with Crippen molar-refractivity contribution in [2.75, 3.05) is 6.54 Å². The molecule has 0 radical (unpaired) electrons. The van der Waals surface area contributed by atoms with Gasteiger partial charge >= 0.3 is 0 Å². The van der Waals surface area contributed by atoms with Crippen LogP contribution in [0.3, 0.4) is 0 Å². The zero-order valence-corrected chi connectivity index (χ0v) is 10.4. The topological polar surface area (TPSA) is 63.3 Å². The van der Waals surface area contributed by atoms with Crippen molar-refractivity contribution in [3.05, 3.63) is 35.4 Å². The van der Waals surface area contributed by atoms with Crippen molar-refractivity contribution in [2.45, 2.75) is 38.7 Å². The molecule has 3 heteroatoms. The highest BCUT2D eigenvalue weighted by molar-refractivity contribution is 5.96. The normalized spacial score (nSPS) is 12.4. The summed E-state index contributed by atoms with van der Waals surface area (Å²) in [5.74, 6) is 0.147. The summed E-state index contributed by atoms with van der Waals surface area (Å²) in [6.07, 6.45) is 2.45. The summed E-state index contributed by atoms with van der Waals surface area (Å²) in [6.45, 7) is 2.50. The number of carbonyl (C=O) groups excluding carboxylic acids is 1. The molecule has 0 saturated heterocycles. The molecule has 0 aliphatic carbocycles. The molecule has 1 rings (SSSR count). The number of rotatable bonds is 7. The van der Waals surface area contributed by atoms with Gasteiger partial charge in [0.2, 0.25) is 0 Å². The lowest BCUT2D eigenvalue weighted by molar-refractivity contribution is 0.0979. The molecular weight excluding hydrogens is 214 g/mol. The minimum atomic E-state index is -0.570. The first-order chi connectivity index (χ1) is 8.19. The number of nitrogens with two attached hydrogens (primary N) is 1. The van der Waals surface area contributed by atoms with Crippen LogP contribution in [-0.2, 0) is 0 Å². The maximum Gasteiger partial charge on any atom is 0.162 e. The van der Waals surface area contributed by atoms with Crippen LogP contribution in [0.15, 0.2) is 24.3 Å². The Hall–Kier alpha value is -1.19. The van der Waals surface area contributed by atoms with Gasteiger partial charge in [0, 0.05) is 12.0 Å². The second-order valence-corrected chi connectivity index (χ2v) is 4.25. The van der Waals surface area contributed by atoms with E-state index >= 15 is 0 Å². The van der Waals surface area contributed by atoms with Crippen LogP contribution in [0.25, 0.3) is 0 Å². The third kappa shape index (κ3) is 4.29. The number of benzene rings is 1. The summed E-state index contributed by atoms with van der Waals surface area (Å²) >= 11 is 0. The number of Topliss-reactive ketones (excluding diaryl/α,β-unsaturated/α-hetero) is 1. The van der Waals surface area contributed by atoms with Gasteiger partial charge in [0.15, 0.2) is 5.78 Å². The third-order valence-corrected chi connectivity index (χ3v) is 2.79. The van der Waals surface area contributed by atoms with E-state index in [1.165, 1.54) is 0 Å². The molecule has 17 heavy (non-hydrogen) atoms. The first-order valence-electron chi connectivity index (χ1n) is 6.20. The van der Waals surface area contributed by atoms with Crippen LogP contribution >= 0.6 is 0 Å². The number of hydrogen-bond donors (Lipinski definition) is 2. The summed E-state index contributed by atoms with van der Waals surface area (Å²) in [4.78, 5) is 11.8. The third-order valence-electron chi connectivity index (χ3n) is 2.79. The molecule has 1 unspecified atom stereocenters. The van der Waals surface area contributed by atoms with Gasteiger partial charge in [-0.2, -0.15) is 0 Å². The van der Waals surface area contributed by atoms with Crippen molar-refractivity contribution in [1.82, 2.24) is 0 Å². The van der Waals surface area contributed by atoms with Gasteiger partial charge < -0.3 is 10.8 Å². The van der Waals surface area contributed by atoms with E-state index in [-0.39, 0.29) is 5.78 Å². The van der Waals surface area contributed by atoms with Gasteiger partial charge in [-0.1, -0.05) is 31.5 Å². The molecule has 0 fully saturated rings. The Balaban J connectivity index is 2.74. The number of carbonyl (C=O) groups is 1. The number of aliphatic hydroxyl groups excluding tert-OH is 1. The second kappa shape index (κ2) is 7.20. The SMILES string of the molecule is CCCCC(=O)c1cccc(C(O)CCN)c1. The van der Waals surface area contributed by atoms with Crippen molar-refractivity contribution >= 4 is 5.78 Å². The van der Waals surface area contributed by atoms with Crippen molar-refractivity contribution < 1.29 is 9.90 Å². The zero-order valence-electron chi connectivity index (χ0n) is 10.4. The van der Waals surface area contributed by atoms with Gasteiger partial charge in [-0.15, -0.1) is 0 Å². The van der Waals surface area contributed by atoms with E-state index in [2.05, 4.69) is 6.92 Å². The highest BCUT2D eigenvalue weighted by Gasteiger charge is 2.10. The second-order valence-electron chi connectivity index (χ2n) is 4.25. The highest BCUT2D eigenvalue weighted by atomic mass is 16.3. The van der Waals surface area contributed by atoms with E-state index in [4.69, 9.17) is 5.73 Å². The Morgan fingerprint density at radius 1 is 1.47 bits per heavy atom. The molecule has 0 aromatic heterocycles. The van der Waals surface area contributed by atoms with Crippen molar-refractivity contribution in [3.63, 3.8) is 0 Å². The van der Waals surface area contributed by atoms with Crippen LogP contribution in [0.5, 0.6) is 0 Å². The van der Waals surface area contributed by atoms with Crippen LogP contribution in [-0.4, -0.2) is 17.4 Å². The van der Waals surface area contributed by atoms with Gasteiger partial charge in [0.1, 0.15) is 0 Å². The van der Waals surface area contributed by atoms with Crippen LogP contribution in [0.4, 0.5) is 0 Å². The Bertz CT molecular complexity index is 363. The minimum absolute atomic E-state index is 0.147. The first kappa shape index (κ1) is 13.9. The van der Waals surface area contributed by atoms with Crippen LogP contribution in [0.1, 0.15) is 54.6 Å². The summed E-state index contributed by atoms with van der Waals surface area (Å²) in [7, 11) is 0. The van der Waals surface area contributed by atoms with E-state index in [9.17, 15) is 9.90 Å². The summed E-state index contributed by atoms with van der Waals surface area (Å²) in [5, 5.41) is 9.81. The highest BCUT2D eigenvalue weighted by Crippen LogP contribution is 2.18. The average Bonchev–Trinajstić information content (AvgIpc) is 2.36. The number of aliphatic hydroxyl groups is 1. The molecule has 1 aromatic rings. The molecule has 0 bridgehead atoms. The molecule has 3 nitrogen and oxygen atoms in total. The number of unbranched alkanes of at least 4 members (excludes halogenated alkanes) is 1. The quantitative estimate of drug-likeness (QED) is 0.713. The molecule has 0 heterocycles. The molecule has 3 N–H and O–H groups in total. The Morgan fingerprint density at radius 2 is 2.24 bits per heavy atom. The fraction of sp³-hybridized carbons (Fsp3) is 0.500. The van der Waals surface area contributed by atoms with Gasteiger partial charge in [-0.3, -0.25) is 4.79 Å². The lowest BCUT2D eigenvalue weighted by atomic mass is 10.00. The van der Waals surface area contributed by atoms with Crippen LogP contribution < -0.4 is 5.73 Å². The molecule has 0 spiro atoms. The Labute approximate surface area is 103 Å². The van der Waals surface area contributed by atoms with Crippen molar-refractivity contribution in [3.8, 4) is 0 Å². The maximum atomic E-state index is 11.8. The minimum Gasteiger partial charge on any atom is -0.388 e. The zero-order chi connectivity index (χ0) is 12.7. The summed E-state index contributed by atoms with van der Waals surface area (Å²) in [5.41, 5.74) is 6.87. The Kier molecular flexibility index (Phi) is 5.87. The lowest BCUT2D eigenvalue weighted by Gasteiger charge is -2.10. The molecule has 94 valence electrons.